The van der Waals surface area contributed by atoms with Gasteiger partial charge in [0.15, 0.2) is 0 Å². The molecule has 5 unspecified atom stereocenters. The maximum Gasteiger partial charge on any atom is 0.408 e. The summed E-state index contributed by atoms with van der Waals surface area (Å²) in [6.45, 7) is 17.3. The Morgan fingerprint density at radius 1 is 0.870 bits per heavy atom. The van der Waals surface area contributed by atoms with Crippen LogP contribution in [-0.2, 0) is 38.2 Å². The Labute approximate surface area is 320 Å². The fourth-order valence-electron chi connectivity index (χ4n) is 5.88. The molecule has 15 heteroatoms. The Hall–Kier alpha value is -4.53. The topological polar surface area (TPSA) is 193 Å². The van der Waals surface area contributed by atoms with E-state index in [4.69, 9.17) is 9.47 Å². The number of rotatable bonds is 15. The Morgan fingerprint density at radius 2 is 1.48 bits per heavy atom. The molecule has 1 fully saturated rings. The van der Waals surface area contributed by atoms with Gasteiger partial charge in [0.1, 0.15) is 23.7 Å². The van der Waals surface area contributed by atoms with Gasteiger partial charge in [-0.25, -0.2) is 4.79 Å². The van der Waals surface area contributed by atoms with E-state index >= 15 is 0 Å². The number of likely N-dealkylation sites (tertiary alicyclic amines) is 1. The minimum Gasteiger partial charge on any atom is -0.444 e. The predicted molar refractivity (Wildman–Crippen MR) is 203 cm³/mol. The lowest BCUT2D eigenvalue weighted by Gasteiger charge is -2.37. The Morgan fingerprint density at radius 3 is 2.00 bits per heavy atom. The van der Waals surface area contributed by atoms with Crippen molar-refractivity contribution in [1.82, 2.24) is 31.1 Å². The van der Waals surface area contributed by atoms with Crippen LogP contribution in [0, 0.1) is 5.41 Å². The summed E-state index contributed by atoms with van der Waals surface area (Å²) < 4.78 is 11.7. The number of hydrogen-bond donors (Lipinski definition) is 4. The van der Waals surface area contributed by atoms with Gasteiger partial charge in [0, 0.05) is 20.6 Å². The number of likely N-dealkylation sites (N-methyl/N-ethyl adjacent to an activating group) is 1. The molecule has 0 spiro atoms. The fourth-order valence-corrected chi connectivity index (χ4v) is 5.88. The normalized spacial score (nSPS) is 17.7. The molecule has 1 aromatic rings. The lowest BCUT2D eigenvalue weighted by Crippen LogP contribution is -2.61. The van der Waals surface area contributed by atoms with Crippen LogP contribution in [0.5, 0.6) is 0 Å². The van der Waals surface area contributed by atoms with E-state index in [0.717, 1.165) is 0 Å². The maximum atomic E-state index is 14.2. The molecular formula is C39H62N6O9. The maximum absolute atomic E-state index is 14.2. The molecule has 1 heterocycles. The zero-order valence-electron chi connectivity index (χ0n) is 34.1. The number of ether oxygens (including phenoxy) is 2. The SMILES string of the molecule is CCCCC(NC(=O)C1C(OC(C)(C)C)CCN1C(=O)C(NC(=O)OC(C)(C)C)C(C)(C)C)C(=O)C(=O)NCC(=O)NC(C(=O)N(C)C)c1ccccc1. The van der Waals surface area contributed by atoms with Gasteiger partial charge in [-0.2, -0.15) is 0 Å². The number of nitrogens with zero attached hydrogens (tertiary/aromatic N) is 2. The number of benzene rings is 1. The van der Waals surface area contributed by atoms with Gasteiger partial charge in [0.2, 0.25) is 29.4 Å². The first kappa shape index (κ1) is 45.6. The monoisotopic (exact) mass is 758 g/mol. The van der Waals surface area contributed by atoms with Gasteiger partial charge in [0.05, 0.1) is 24.3 Å². The zero-order valence-corrected chi connectivity index (χ0v) is 34.1. The van der Waals surface area contributed by atoms with E-state index in [9.17, 15) is 33.6 Å². The number of amides is 6. The summed E-state index contributed by atoms with van der Waals surface area (Å²) in [6, 6.07) is 4.02. The lowest BCUT2D eigenvalue weighted by atomic mass is 9.85. The first-order valence-electron chi connectivity index (χ1n) is 18.5. The van der Waals surface area contributed by atoms with Crippen molar-refractivity contribution in [3.8, 4) is 0 Å². The van der Waals surface area contributed by atoms with Crippen molar-refractivity contribution in [1.29, 1.82) is 0 Å². The highest BCUT2D eigenvalue weighted by Crippen LogP contribution is 2.30. The highest BCUT2D eigenvalue weighted by Gasteiger charge is 2.48. The summed E-state index contributed by atoms with van der Waals surface area (Å²) >= 11 is 0. The molecule has 0 aromatic heterocycles. The van der Waals surface area contributed by atoms with E-state index in [1.165, 1.54) is 9.80 Å². The highest BCUT2D eigenvalue weighted by molar-refractivity contribution is 6.38. The van der Waals surface area contributed by atoms with E-state index in [2.05, 4.69) is 21.3 Å². The van der Waals surface area contributed by atoms with Gasteiger partial charge in [-0.3, -0.25) is 28.8 Å². The Balaban J connectivity index is 2.31. The number of ketones is 1. The molecule has 1 saturated heterocycles. The van der Waals surface area contributed by atoms with Crippen LogP contribution in [0.15, 0.2) is 30.3 Å². The summed E-state index contributed by atoms with van der Waals surface area (Å²) in [5.74, 6) is -4.40. The second-order valence-electron chi connectivity index (χ2n) is 16.9. The third-order valence-electron chi connectivity index (χ3n) is 8.41. The van der Waals surface area contributed by atoms with Crippen LogP contribution in [0.3, 0.4) is 0 Å². The standard InChI is InChI=1S/C39H62N6O9/c1-13-14-20-25(30(47)33(49)40-23-27(46)42-28(34(50)44(11)12)24-18-16-15-17-19-24)41-32(48)29-26(53-38(5,6)7)21-22-45(29)35(51)31(37(2,3)4)43-36(52)54-39(8,9)10/h15-19,25-26,28-29,31H,13-14,20-23H2,1-12H3,(H,40,49)(H,41,48)(H,42,46)(H,43,52). The number of carbonyl (C=O) groups is 7. The van der Waals surface area contributed by atoms with Crippen LogP contribution >= 0.6 is 0 Å². The molecule has 2 rings (SSSR count). The predicted octanol–water partition coefficient (Wildman–Crippen LogP) is 3.02. The van der Waals surface area contributed by atoms with Gasteiger partial charge in [-0.15, -0.1) is 0 Å². The number of Topliss-reactive ketones (excluding diaryl/α,β-unsaturated/α-hetero) is 1. The molecule has 1 aliphatic rings. The average molecular weight is 759 g/mol. The van der Waals surface area contributed by atoms with Gasteiger partial charge in [-0.05, 0) is 65.4 Å². The van der Waals surface area contributed by atoms with E-state index < -0.39 is 88.9 Å². The van der Waals surface area contributed by atoms with Crippen molar-refractivity contribution in [3.63, 3.8) is 0 Å². The van der Waals surface area contributed by atoms with Crippen LogP contribution in [0.1, 0.15) is 107 Å². The van der Waals surface area contributed by atoms with Crippen molar-refractivity contribution in [2.75, 3.05) is 27.2 Å². The second kappa shape index (κ2) is 19.2. The molecule has 6 amide bonds. The molecule has 0 bridgehead atoms. The second-order valence-corrected chi connectivity index (χ2v) is 16.9. The minimum atomic E-state index is -1.28. The van der Waals surface area contributed by atoms with Crippen molar-refractivity contribution < 1.29 is 43.0 Å². The number of nitrogens with one attached hydrogen (secondary N) is 4. The third kappa shape index (κ3) is 14.0. The molecule has 0 radical (unpaired) electrons. The number of carbonyl (C=O) groups excluding carboxylic acids is 7. The van der Waals surface area contributed by atoms with E-state index in [0.29, 0.717) is 24.8 Å². The largest absolute Gasteiger partial charge is 0.444 e. The summed E-state index contributed by atoms with van der Waals surface area (Å²) in [4.78, 5) is 96.5. The molecule has 1 aliphatic heterocycles. The van der Waals surface area contributed by atoms with E-state index in [-0.39, 0.29) is 18.9 Å². The Bertz CT molecular complexity index is 1490. The molecule has 5 atom stereocenters. The van der Waals surface area contributed by atoms with Gasteiger partial charge in [-0.1, -0.05) is 70.9 Å². The molecule has 0 saturated carbocycles. The molecule has 54 heavy (non-hydrogen) atoms. The van der Waals surface area contributed by atoms with E-state index in [1.54, 1.807) is 86.0 Å². The van der Waals surface area contributed by atoms with Crippen LogP contribution in [0.2, 0.25) is 0 Å². The Kier molecular flexibility index (Phi) is 16.2. The minimum absolute atomic E-state index is 0.115. The van der Waals surface area contributed by atoms with Crippen molar-refractivity contribution in [3.05, 3.63) is 35.9 Å². The quantitative estimate of drug-likeness (QED) is 0.195. The summed E-state index contributed by atoms with van der Waals surface area (Å²) in [5.41, 5.74) is -1.77. The van der Waals surface area contributed by atoms with Crippen LogP contribution < -0.4 is 21.3 Å². The summed E-state index contributed by atoms with van der Waals surface area (Å²) in [6.07, 6.45) is -0.00569. The van der Waals surface area contributed by atoms with Crippen molar-refractivity contribution >= 4 is 41.4 Å². The molecule has 1 aromatic carbocycles. The number of unbranched alkanes of at least 4 members (excludes halogenated alkanes) is 1. The summed E-state index contributed by atoms with van der Waals surface area (Å²) in [5, 5.41) is 10.3. The molecule has 302 valence electrons. The molecule has 4 N–H and O–H groups in total. The molecular weight excluding hydrogens is 696 g/mol. The van der Waals surface area contributed by atoms with Crippen LogP contribution in [-0.4, -0.2) is 114 Å². The molecule has 15 nitrogen and oxygen atoms in total. The van der Waals surface area contributed by atoms with Crippen molar-refractivity contribution in [2.45, 2.75) is 136 Å². The van der Waals surface area contributed by atoms with Crippen LogP contribution in [0.25, 0.3) is 0 Å². The number of alkyl carbamates (subject to hydrolysis) is 1. The van der Waals surface area contributed by atoms with Gasteiger partial charge < -0.3 is 40.5 Å². The van der Waals surface area contributed by atoms with Crippen LogP contribution in [0.4, 0.5) is 4.79 Å². The first-order chi connectivity index (χ1) is 24.9. The first-order valence-corrected chi connectivity index (χ1v) is 18.5. The lowest BCUT2D eigenvalue weighted by molar-refractivity contribution is -0.149. The summed E-state index contributed by atoms with van der Waals surface area (Å²) in [7, 11) is 3.11. The number of hydrogen-bond acceptors (Lipinski definition) is 9. The third-order valence-corrected chi connectivity index (χ3v) is 8.41. The average Bonchev–Trinajstić information content (AvgIpc) is 3.46. The smallest absolute Gasteiger partial charge is 0.408 e. The van der Waals surface area contributed by atoms with Gasteiger partial charge >= 0.3 is 6.09 Å². The van der Waals surface area contributed by atoms with Gasteiger partial charge in [0.25, 0.3) is 5.91 Å². The fraction of sp³-hybridized carbons (Fsp3) is 0.667. The molecule has 0 aliphatic carbocycles. The zero-order chi connectivity index (χ0) is 41.2. The van der Waals surface area contributed by atoms with Crippen molar-refractivity contribution in [2.24, 2.45) is 5.41 Å². The van der Waals surface area contributed by atoms with E-state index in [1.807, 2.05) is 27.7 Å². The highest BCUT2D eigenvalue weighted by atomic mass is 16.6.